The summed E-state index contributed by atoms with van der Waals surface area (Å²) in [5.41, 5.74) is 1.23. The standard InChI is InChI=1S/C12H14N2O3S/c1-7(6-10(15)16)11(17)14-12-13-8-4-2-3-5-9(8)18-12/h6H,2-5H2,1H3,(H,15,16)(H,13,14,17). The highest BCUT2D eigenvalue weighted by Gasteiger charge is 2.16. The maximum absolute atomic E-state index is 11.7. The van der Waals surface area contributed by atoms with Crippen LogP contribution in [0.5, 0.6) is 0 Å². The van der Waals surface area contributed by atoms with Crippen LogP contribution in [0.4, 0.5) is 5.13 Å². The van der Waals surface area contributed by atoms with Crippen LogP contribution in [-0.4, -0.2) is 22.0 Å². The number of aromatic nitrogens is 1. The fourth-order valence-electron chi connectivity index (χ4n) is 1.85. The van der Waals surface area contributed by atoms with E-state index >= 15 is 0 Å². The predicted molar refractivity (Wildman–Crippen MR) is 68.8 cm³/mol. The molecule has 1 amide bonds. The molecule has 1 aromatic heterocycles. The minimum absolute atomic E-state index is 0.163. The van der Waals surface area contributed by atoms with Crippen LogP contribution < -0.4 is 5.32 Å². The number of fused-ring (bicyclic) bond motifs is 1. The number of nitrogens with one attached hydrogen (secondary N) is 1. The lowest BCUT2D eigenvalue weighted by atomic mass is 10.0. The van der Waals surface area contributed by atoms with Crippen molar-refractivity contribution in [2.75, 3.05) is 5.32 Å². The quantitative estimate of drug-likeness (QED) is 0.820. The first-order valence-electron chi connectivity index (χ1n) is 5.77. The average Bonchev–Trinajstić information content (AvgIpc) is 2.69. The third kappa shape index (κ3) is 2.95. The summed E-state index contributed by atoms with van der Waals surface area (Å²) in [4.78, 5) is 27.7. The van der Waals surface area contributed by atoms with Crippen molar-refractivity contribution in [1.29, 1.82) is 0 Å². The van der Waals surface area contributed by atoms with Gasteiger partial charge in [-0.25, -0.2) is 9.78 Å². The van der Waals surface area contributed by atoms with Crippen molar-refractivity contribution in [3.8, 4) is 0 Å². The lowest BCUT2D eigenvalue weighted by Gasteiger charge is -2.06. The van der Waals surface area contributed by atoms with E-state index < -0.39 is 11.9 Å². The number of carboxylic acid groups (broad SMARTS) is 1. The third-order valence-electron chi connectivity index (χ3n) is 2.76. The van der Waals surface area contributed by atoms with E-state index in [1.807, 2.05) is 0 Å². The van der Waals surface area contributed by atoms with E-state index in [1.54, 1.807) is 0 Å². The Hall–Kier alpha value is -1.69. The predicted octanol–water partition coefficient (Wildman–Crippen LogP) is 1.99. The van der Waals surface area contributed by atoms with Crippen molar-refractivity contribution in [3.63, 3.8) is 0 Å². The molecule has 1 heterocycles. The smallest absolute Gasteiger partial charge is 0.328 e. The molecule has 0 aliphatic heterocycles. The molecule has 18 heavy (non-hydrogen) atoms. The molecule has 1 aliphatic carbocycles. The number of amides is 1. The zero-order chi connectivity index (χ0) is 13.1. The molecule has 96 valence electrons. The SMILES string of the molecule is CC(=CC(=O)O)C(=O)Nc1nc2c(s1)CCCC2. The van der Waals surface area contributed by atoms with Gasteiger partial charge in [0, 0.05) is 16.5 Å². The summed E-state index contributed by atoms with van der Waals surface area (Å²) >= 11 is 1.48. The van der Waals surface area contributed by atoms with Crippen molar-refractivity contribution in [3.05, 3.63) is 22.2 Å². The number of carbonyl (C=O) groups is 2. The van der Waals surface area contributed by atoms with E-state index in [1.165, 1.54) is 29.6 Å². The zero-order valence-electron chi connectivity index (χ0n) is 10.0. The van der Waals surface area contributed by atoms with Crippen molar-refractivity contribution in [2.45, 2.75) is 32.6 Å². The van der Waals surface area contributed by atoms with Crippen molar-refractivity contribution in [2.24, 2.45) is 0 Å². The van der Waals surface area contributed by atoms with Gasteiger partial charge in [0.05, 0.1) is 5.69 Å². The summed E-state index contributed by atoms with van der Waals surface area (Å²) < 4.78 is 0. The normalized spacial score (nSPS) is 15.1. The molecule has 0 bridgehead atoms. The van der Waals surface area contributed by atoms with Gasteiger partial charge in [-0.05, 0) is 32.6 Å². The Morgan fingerprint density at radius 1 is 1.39 bits per heavy atom. The van der Waals surface area contributed by atoms with Crippen molar-refractivity contribution < 1.29 is 14.7 Å². The molecule has 0 saturated carbocycles. The second-order valence-corrected chi connectivity index (χ2v) is 5.30. The maximum atomic E-state index is 11.7. The molecule has 0 unspecified atom stereocenters. The number of thiazole rings is 1. The monoisotopic (exact) mass is 266 g/mol. The first kappa shape index (κ1) is 12.8. The molecule has 0 atom stereocenters. The second-order valence-electron chi connectivity index (χ2n) is 4.22. The van der Waals surface area contributed by atoms with Gasteiger partial charge in [-0.2, -0.15) is 0 Å². The minimum Gasteiger partial charge on any atom is -0.478 e. The maximum Gasteiger partial charge on any atom is 0.328 e. The number of hydrogen-bond donors (Lipinski definition) is 2. The molecule has 5 nitrogen and oxygen atoms in total. The van der Waals surface area contributed by atoms with Crippen LogP contribution in [0.15, 0.2) is 11.6 Å². The van der Waals surface area contributed by atoms with Gasteiger partial charge in [-0.3, -0.25) is 10.1 Å². The number of rotatable bonds is 3. The summed E-state index contributed by atoms with van der Waals surface area (Å²) in [6.07, 6.45) is 5.18. The fourth-order valence-corrected chi connectivity index (χ4v) is 2.90. The molecule has 0 fully saturated rings. The van der Waals surface area contributed by atoms with Crippen LogP contribution in [0.1, 0.15) is 30.3 Å². The number of aliphatic carboxylic acids is 1. The molecule has 0 saturated heterocycles. The van der Waals surface area contributed by atoms with Crippen LogP contribution in [-0.2, 0) is 22.4 Å². The summed E-state index contributed by atoms with van der Waals surface area (Å²) in [7, 11) is 0. The summed E-state index contributed by atoms with van der Waals surface area (Å²) in [6, 6.07) is 0. The summed E-state index contributed by atoms with van der Waals surface area (Å²) in [5, 5.41) is 11.8. The lowest BCUT2D eigenvalue weighted by Crippen LogP contribution is -2.13. The van der Waals surface area contributed by atoms with Gasteiger partial charge < -0.3 is 5.11 Å². The van der Waals surface area contributed by atoms with Gasteiger partial charge in [0.1, 0.15) is 0 Å². The second kappa shape index (κ2) is 5.30. The molecule has 0 aromatic carbocycles. The number of anilines is 1. The third-order valence-corrected chi connectivity index (χ3v) is 3.84. The number of carbonyl (C=O) groups excluding carboxylic acids is 1. The molecular weight excluding hydrogens is 252 g/mol. The first-order valence-corrected chi connectivity index (χ1v) is 6.59. The highest BCUT2D eigenvalue weighted by atomic mass is 32.1. The Morgan fingerprint density at radius 3 is 2.78 bits per heavy atom. The minimum atomic E-state index is -1.12. The van der Waals surface area contributed by atoms with Gasteiger partial charge >= 0.3 is 5.97 Å². The Bertz CT molecular complexity index is 496. The summed E-state index contributed by atoms with van der Waals surface area (Å²) in [6.45, 7) is 1.47. The Morgan fingerprint density at radius 2 is 2.11 bits per heavy atom. The van der Waals surface area contributed by atoms with Gasteiger partial charge in [-0.15, -0.1) is 11.3 Å². The van der Waals surface area contributed by atoms with E-state index in [0.717, 1.165) is 31.0 Å². The van der Waals surface area contributed by atoms with Crippen LogP contribution >= 0.6 is 11.3 Å². The highest BCUT2D eigenvalue weighted by molar-refractivity contribution is 7.15. The van der Waals surface area contributed by atoms with E-state index in [4.69, 9.17) is 5.11 Å². The number of carboxylic acids is 1. The Kier molecular flexibility index (Phi) is 3.76. The number of hydrogen-bond acceptors (Lipinski definition) is 4. The van der Waals surface area contributed by atoms with Gasteiger partial charge in [0.25, 0.3) is 5.91 Å². The largest absolute Gasteiger partial charge is 0.478 e. The molecule has 2 rings (SSSR count). The first-order chi connectivity index (χ1) is 8.56. The van der Waals surface area contributed by atoms with E-state index in [9.17, 15) is 9.59 Å². The van der Waals surface area contributed by atoms with E-state index in [0.29, 0.717) is 5.13 Å². The number of aryl methyl sites for hydroxylation is 2. The van der Waals surface area contributed by atoms with Crippen LogP contribution in [0.3, 0.4) is 0 Å². The molecule has 6 heteroatoms. The van der Waals surface area contributed by atoms with Crippen molar-refractivity contribution >= 4 is 28.3 Å². The van der Waals surface area contributed by atoms with Gasteiger partial charge in [-0.1, -0.05) is 0 Å². The summed E-state index contributed by atoms with van der Waals surface area (Å²) in [5.74, 6) is -1.54. The topological polar surface area (TPSA) is 79.3 Å². The fraction of sp³-hybridized carbons (Fsp3) is 0.417. The average molecular weight is 266 g/mol. The molecule has 0 radical (unpaired) electrons. The van der Waals surface area contributed by atoms with E-state index in [2.05, 4.69) is 10.3 Å². The van der Waals surface area contributed by atoms with Crippen LogP contribution in [0.2, 0.25) is 0 Å². The van der Waals surface area contributed by atoms with Crippen LogP contribution in [0.25, 0.3) is 0 Å². The van der Waals surface area contributed by atoms with Gasteiger partial charge in [0.2, 0.25) is 0 Å². The number of nitrogens with zero attached hydrogens (tertiary/aromatic N) is 1. The van der Waals surface area contributed by atoms with E-state index in [-0.39, 0.29) is 5.57 Å². The van der Waals surface area contributed by atoms with Crippen molar-refractivity contribution in [1.82, 2.24) is 4.98 Å². The Balaban J connectivity index is 2.07. The van der Waals surface area contributed by atoms with Crippen LogP contribution in [0, 0.1) is 0 Å². The molecule has 1 aliphatic rings. The van der Waals surface area contributed by atoms with Gasteiger partial charge in [0.15, 0.2) is 5.13 Å². The zero-order valence-corrected chi connectivity index (χ0v) is 10.8. The molecule has 0 spiro atoms. The Labute approximate surface area is 109 Å². The molecular formula is C12H14N2O3S. The molecule has 2 N–H and O–H groups in total. The highest BCUT2D eigenvalue weighted by Crippen LogP contribution is 2.29. The molecule has 1 aromatic rings. The lowest BCUT2D eigenvalue weighted by molar-refractivity contribution is -0.131.